The largest absolute Gasteiger partial charge is 0.494 e. The van der Waals surface area contributed by atoms with Crippen LogP contribution in [0.25, 0.3) is 10.2 Å². The van der Waals surface area contributed by atoms with E-state index in [4.69, 9.17) is 9.72 Å². The van der Waals surface area contributed by atoms with Gasteiger partial charge in [-0.25, -0.2) is 4.98 Å². The third-order valence-corrected chi connectivity index (χ3v) is 7.63. The molecule has 9 nitrogen and oxygen atoms in total. The number of rotatable bonds is 5. The fourth-order valence-corrected chi connectivity index (χ4v) is 5.73. The van der Waals surface area contributed by atoms with Crippen LogP contribution in [0.1, 0.15) is 29.6 Å². The molecule has 2 saturated heterocycles. The lowest BCUT2D eigenvalue weighted by molar-refractivity contribution is -0.384. The van der Waals surface area contributed by atoms with Gasteiger partial charge >= 0.3 is 0 Å². The third kappa shape index (κ3) is 4.25. The molecule has 0 atom stereocenters. The number of aromatic nitrogens is 1. The summed E-state index contributed by atoms with van der Waals surface area (Å²) in [5, 5.41) is 12.7. The standard InChI is InChI=1S/C24H27N5O4S/c1-33-20-6-5-7-21-22(20)25-24(34-21)28-14-12-27(13-15-28)23(30)17-8-9-18(19(16-17)29(31)32)26-10-3-2-4-11-26/h5-9,16H,2-4,10-15H2,1H3. The third-order valence-electron chi connectivity index (χ3n) is 6.54. The molecule has 2 aromatic carbocycles. The number of anilines is 2. The maximum atomic E-state index is 13.2. The lowest BCUT2D eigenvalue weighted by Crippen LogP contribution is -2.48. The first kappa shape index (κ1) is 22.4. The van der Waals surface area contributed by atoms with E-state index in [1.807, 2.05) is 18.2 Å². The first-order chi connectivity index (χ1) is 16.5. The summed E-state index contributed by atoms with van der Waals surface area (Å²) >= 11 is 1.61. The summed E-state index contributed by atoms with van der Waals surface area (Å²) in [6, 6.07) is 10.8. The molecule has 5 rings (SSSR count). The smallest absolute Gasteiger partial charge is 0.293 e. The Morgan fingerprint density at radius 2 is 1.79 bits per heavy atom. The number of methoxy groups -OCH3 is 1. The first-order valence-corrected chi connectivity index (χ1v) is 12.4. The molecule has 0 unspecified atom stereocenters. The maximum Gasteiger partial charge on any atom is 0.293 e. The van der Waals surface area contributed by atoms with Crippen molar-refractivity contribution in [1.82, 2.24) is 9.88 Å². The highest BCUT2D eigenvalue weighted by Crippen LogP contribution is 2.35. The van der Waals surface area contributed by atoms with E-state index in [0.717, 1.165) is 53.4 Å². The number of nitro benzene ring substituents is 1. The maximum absolute atomic E-state index is 13.2. The number of thiazole rings is 1. The molecule has 2 aliphatic rings. The number of hydrogen-bond donors (Lipinski definition) is 0. The number of hydrogen-bond acceptors (Lipinski definition) is 8. The van der Waals surface area contributed by atoms with Gasteiger partial charge in [-0.15, -0.1) is 0 Å². The second-order valence-corrected chi connectivity index (χ2v) is 9.60. The Bertz CT molecular complexity index is 1220. The van der Waals surface area contributed by atoms with Gasteiger partial charge in [0.05, 0.1) is 16.7 Å². The Kier molecular flexibility index (Phi) is 6.23. The molecule has 178 valence electrons. The average molecular weight is 482 g/mol. The molecular formula is C24H27N5O4S. The number of carbonyl (C=O) groups excluding carboxylic acids is 1. The number of para-hydroxylation sites is 1. The van der Waals surface area contributed by atoms with E-state index >= 15 is 0 Å². The van der Waals surface area contributed by atoms with Crippen molar-refractivity contribution >= 4 is 44.0 Å². The van der Waals surface area contributed by atoms with Crippen LogP contribution < -0.4 is 14.5 Å². The van der Waals surface area contributed by atoms with Gasteiger partial charge < -0.3 is 19.4 Å². The molecule has 34 heavy (non-hydrogen) atoms. The second kappa shape index (κ2) is 9.46. The lowest BCUT2D eigenvalue weighted by Gasteiger charge is -2.34. The predicted octanol–water partition coefficient (Wildman–Crippen LogP) is 4.17. The topological polar surface area (TPSA) is 92.0 Å². The molecule has 3 aromatic rings. The number of amides is 1. The number of nitro groups is 1. The lowest BCUT2D eigenvalue weighted by atomic mass is 10.1. The number of fused-ring (bicyclic) bond motifs is 1. The summed E-state index contributed by atoms with van der Waals surface area (Å²) in [4.78, 5) is 35.3. The zero-order chi connectivity index (χ0) is 23.7. The summed E-state index contributed by atoms with van der Waals surface area (Å²) in [6.07, 6.45) is 3.21. The highest BCUT2D eigenvalue weighted by Gasteiger charge is 2.27. The van der Waals surface area contributed by atoms with Gasteiger partial charge in [0.25, 0.3) is 11.6 Å². The van der Waals surface area contributed by atoms with E-state index in [1.54, 1.807) is 35.5 Å². The molecule has 2 aliphatic heterocycles. The van der Waals surface area contributed by atoms with E-state index in [-0.39, 0.29) is 16.5 Å². The zero-order valence-corrected chi connectivity index (χ0v) is 19.9. The number of ether oxygens (including phenoxy) is 1. The van der Waals surface area contributed by atoms with Crippen molar-refractivity contribution in [2.75, 3.05) is 56.2 Å². The minimum absolute atomic E-state index is 0.00908. The summed E-state index contributed by atoms with van der Waals surface area (Å²) < 4.78 is 6.48. The molecule has 0 spiro atoms. The van der Waals surface area contributed by atoms with Crippen molar-refractivity contribution in [2.45, 2.75) is 19.3 Å². The van der Waals surface area contributed by atoms with Gasteiger partial charge in [0, 0.05) is 50.9 Å². The van der Waals surface area contributed by atoms with Gasteiger partial charge in [-0.2, -0.15) is 0 Å². The molecule has 1 aromatic heterocycles. The van der Waals surface area contributed by atoms with Crippen LogP contribution in [0.15, 0.2) is 36.4 Å². The summed E-state index contributed by atoms with van der Waals surface area (Å²) in [7, 11) is 1.64. The highest BCUT2D eigenvalue weighted by molar-refractivity contribution is 7.22. The molecule has 0 radical (unpaired) electrons. The predicted molar refractivity (Wildman–Crippen MR) is 133 cm³/mol. The second-order valence-electron chi connectivity index (χ2n) is 8.59. The molecule has 0 saturated carbocycles. The van der Waals surface area contributed by atoms with Crippen LogP contribution in [0.5, 0.6) is 5.75 Å². The summed E-state index contributed by atoms with van der Waals surface area (Å²) in [6.45, 7) is 4.01. The molecule has 10 heteroatoms. The van der Waals surface area contributed by atoms with E-state index in [2.05, 4.69) is 9.80 Å². The van der Waals surface area contributed by atoms with Crippen LogP contribution in [0.3, 0.4) is 0 Å². The van der Waals surface area contributed by atoms with Crippen molar-refractivity contribution in [1.29, 1.82) is 0 Å². The monoisotopic (exact) mass is 481 g/mol. The number of piperazine rings is 1. The van der Waals surface area contributed by atoms with Crippen LogP contribution >= 0.6 is 11.3 Å². The molecule has 3 heterocycles. The van der Waals surface area contributed by atoms with Crippen LogP contribution in [0.2, 0.25) is 0 Å². The molecule has 1 amide bonds. The SMILES string of the molecule is COc1cccc2sc(N3CCN(C(=O)c4ccc(N5CCCCC5)c([N+](=O)[O-])c4)CC3)nc12. The highest BCUT2D eigenvalue weighted by atomic mass is 32.1. The molecule has 0 aliphatic carbocycles. The Hall–Kier alpha value is -3.40. The fourth-order valence-electron chi connectivity index (χ4n) is 4.70. The molecule has 2 fully saturated rings. The molecule has 0 N–H and O–H groups in total. The first-order valence-electron chi connectivity index (χ1n) is 11.6. The van der Waals surface area contributed by atoms with Crippen molar-refractivity contribution in [3.63, 3.8) is 0 Å². The number of nitrogens with zero attached hydrogens (tertiary/aromatic N) is 5. The fraction of sp³-hybridized carbons (Fsp3) is 0.417. The van der Waals surface area contributed by atoms with Gasteiger partial charge in [-0.05, 0) is 43.5 Å². The summed E-state index contributed by atoms with van der Waals surface area (Å²) in [5.41, 5.74) is 1.84. The van der Waals surface area contributed by atoms with Crippen LogP contribution in [0, 0.1) is 10.1 Å². The van der Waals surface area contributed by atoms with Crippen molar-refractivity contribution in [2.24, 2.45) is 0 Å². The summed E-state index contributed by atoms with van der Waals surface area (Å²) in [5.74, 6) is 0.585. The number of carbonyl (C=O) groups is 1. The quantitative estimate of drug-likeness (QED) is 0.399. The average Bonchev–Trinajstić information content (AvgIpc) is 3.33. The Morgan fingerprint density at radius 3 is 2.50 bits per heavy atom. The van der Waals surface area contributed by atoms with Crippen LogP contribution in [-0.2, 0) is 0 Å². The normalized spacial score (nSPS) is 16.7. The minimum Gasteiger partial charge on any atom is -0.494 e. The van der Waals surface area contributed by atoms with Gasteiger partial charge in [0.2, 0.25) is 0 Å². The van der Waals surface area contributed by atoms with Crippen LogP contribution in [0.4, 0.5) is 16.5 Å². The van der Waals surface area contributed by atoms with Crippen molar-refractivity contribution in [3.05, 3.63) is 52.1 Å². The van der Waals surface area contributed by atoms with Crippen molar-refractivity contribution < 1.29 is 14.5 Å². The van der Waals surface area contributed by atoms with Crippen molar-refractivity contribution in [3.8, 4) is 5.75 Å². The Labute approximate surface area is 201 Å². The zero-order valence-electron chi connectivity index (χ0n) is 19.1. The Morgan fingerprint density at radius 1 is 1.03 bits per heavy atom. The van der Waals surface area contributed by atoms with E-state index in [0.29, 0.717) is 37.4 Å². The van der Waals surface area contributed by atoms with Gasteiger partial charge in [0.15, 0.2) is 5.13 Å². The van der Waals surface area contributed by atoms with E-state index in [9.17, 15) is 14.9 Å². The van der Waals surface area contributed by atoms with E-state index in [1.165, 1.54) is 6.07 Å². The molecule has 0 bridgehead atoms. The van der Waals surface area contributed by atoms with Crippen LogP contribution in [-0.4, -0.2) is 67.1 Å². The van der Waals surface area contributed by atoms with Gasteiger partial charge in [0.1, 0.15) is 17.0 Å². The van der Waals surface area contributed by atoms with Gasteiger partial charge in [-0.1, -0.05) is 17.4 Å². The number of piperidine rings is 1. The number of benzene rings is 2. The Balaban J connectivity index is 1.29. The molecular weight excluding hydrogens is 454 g/mol. The van der Waals surface area contributed by atoms with Gasteiger partial charge in [-0.3, -0.25) is 14.9 Å². The minimum atomic E-state index is -0.375. The van der Waals surface area contributed by atoms with E-state index < -0.39 is 0 Å².